The molecule has 0 amide bonds. The molecular weight excluding hydrogens is 406 g/mol. The maximum absolute atomic E-state index is 6.20. The first-order valence-electron chi connectivity index (χ1n) is 6.58. The van der Waals surface area contributed by atoms with Gasteiger partial charge < -0.3 is 0 Å². The molecule has 2 nitrogen and oxygen atoms in total. The van der Waals surface area contributed by atoms with Crippen LogP contribution in [-0.2, 0) is 5.41 Å². The zero-order valence-electron chi connectivity index (χ0n) is 10.7. The van der Waals surface area contributed by atoms with Gasteiger partial charge in [-0.3, -0.25) is 0 Å². The molecule has 0 bridgehead atoms. The average Bonchev–Trinajstić information content (AvgIpc) is 2.96. The van der Waals surface area contributed by atoms with Crippen LogP contribution < -0.4 is 0 Å². The second kappa shape index (κ2) is 5.78. The molecule has 0 saturated heterocycles. The van der Waals surface area contributed by atoms with E-state index in [2.05, 4.69) is 56.8 Å². The second-order valence-electron chi connectivity index (χ2n) is 5.10. The minimum atomic E-state index is -0.140. The van der Waals surface area contributed by atoms with Crippen molar-refractivity contribution in [3.63, 3.8) is 0 Å². The highest BCUT2D eigenvalue weighted by Crippen LogP contribution is 2.45. The molecule has 0 N–H and O–H groups in total. The van der Waals surface area contributed by atoms with E-state index in [4.69, 9.17) is 23.2 Å². The lowest BCUT2D eigenvalue weighted by molar-refractivity contribution is 0.499. The zero-order chi connectivity index (χ0) is 14.2. The lowest BCUT2D eigenvalue weighted by Gasteiger charge is -2.28. The van der Waals surface area contributed by atoms with Crippen LogP contribution in [0.15, 0.2) is 30.3 Å². The van der Waals surface area contributed by atoms with E-state index in [0.29, 0.717) is 10.3 Å². The highest BCUT2D eigenvalue weighted by atomic mass is 127. The van der Waals surface area contributed by atoms with E-state index in [-0.39, 0.29) is 5.41 Å². The van der Waals surface area contributed by atoms with Crippen LogP contribution in [0.2, 0.25) is 10.3 Å². The molecule has 1 fully saturated rings. The van der Waals surface area contributed by atoms with Gasteiger partial charge in [-0.1, -0.05) is 66.4 Å². The van der Waals surface area contributed by atoms with E-state index < -0.39 is 0 Å². The molecule has 0 spiro atoms. The van der Waals surface area contributed by atoms with Crippen molar-refractivity contribution in [3.05, 3.63) is 55.6 Å². The Labute approximate surface area is 142 Å². The van der Waals surface area contributed by atoms with Gasteiger partial charge in [0.25, 0.3) is 0 Å². The third-order valence-electron chi connectivity index (χ3n) is 3.98. The molecule has 20 heavy (non-hydrogen) atoms. The number of hydrogen-bond acceptors (Lipinski definition) is 2. The molecule has 1 aromatic carbocycles. The van der Waals surface area contributed by atoms with Gasteiger partial charge in [-0.2, -0.15) is 0 Å². The van der Waals surface area contributed by atoms with E-state index in [9.17, 15) is 0 Å². The van der Waals surface area contributed by atoms with Crippen molar-refractivity contribution in [3.8, 4) is 0 Å². The van der Waals surface area contributed by atoms with Gasteiger partial charge in [0, 0.05) is 0 Å². The summed E-state index contributed by atoms with van der Waals surface area (Å²) in [4.78, 5) is 9.05. The summed E-state index contributed by atoms with van der Waals surface area (Å²) in [6.45, 7) is 0. The van der Waals surface area contributed by atoms with Crippen molar-refractivity contribution in [1.29, 1.82) is 0 Å². The fourth-order valence-electron chi connectivity index (χ4n) is 2.99. The Morgan fingerprint density at radius 3 is 2.05 bits per heavy atom. The van der Waals surface area contributed by atoms with Gasteiger partial charge in [0.2, 0.25) is 0 Å². The molecule has 1 aromatic heterocycles. The highest BCUT2D eigenvalue weighted by molar-refractivity contribution is 14.1. The molecule has 0 aliphatic heterocycles. The maximum Gasteiger partial charge on any atom is 0.147 e. The van der Waals surface area contributed by atoms with Crippen LogP contribution in [0, 0.1) is 3.57 Å². The Bertz CT molecular complexity index is 602. The first-order valence-corrected chi connectivity index (χ1v) is 8.41. The third-order valence-corrected chi connectivity index (χ3v) is 6.19. The smallest absolute Gasteiger partial charge is 0.147 e. The molecule has 1 saturated carbocycles. The van der Waals surface area contributed by atoms with E-state index in [1.807, 2.05) is 6.07 Å². The highest BCUT2D eigenvalue weighted by Gasteiger charge is 2.40. The molecule has 1 aliphatic rings. The van der Waals surface area contributed by atoms with Gasteiger partial charge in [-0.25, -0.2) is 9.97 Å². The van der Waals surface area contributed by atoms with E-state index in [1.165, 1.54) is 18.4 Å². The Hall–Kier alpha value is -0.390. The maximum atomic E-state index is 6.20. The molecule has 0 radical (unpaired) electrons. The topological polar surface area (TPSA) is 25.8 Å². The number of rotatable bonds is 2. The van der Waals surface area contributed by atoms with Gasteiger partial charge in [-0.05, 0) is 41.0 Å². The van der Waals surface area contributed by atoms with Gasteiger partial charge in [0.1, 0.15) is 16.1 Å². The molecule has 5 heteroatoms. The van der Waals surface area contributed by atoms with Crippen LogP contribution in [0.3, 0.4) is 0 Å². The molecule has 1 heterocycles. The Morgan fingerprint density at radius 1 is 0.950 bits per heavy atom. The summed E-state index contributed by atoms with van der Waals surface area (Å²) < 4.78 is 0.718. The monoisotopic (exact) mass is 418 g/mol. The molecular formula is C15H13Cl2IN2. The van der Waals surface area contributed by atoms with Gasteiger partial charge in [0.15, 0.2) is 0 Å². The minimum absolute atomic E-state index is 0.140. The quantitative estimate of drug-likeness (QED) is 0.491. The Morgan fingerprint density at radius 2 is 1.50 bits per heavy atom. The number of halogens is 3. The van der Waals surface area contributed by atoms with Crippen molar-refractivity contribution >= 4 is 45.8 Å². The molecule has 0 atom stereocenters. The molecule has 0 unspecified atom stereocenters. The Kier molecular flexibility index (Phi) is 4.20. The van der Waals surface area contributed by atoms with Gasteiger partial charge in [0.05, 0.1) is 8.99 Å². The summed E-state index contributed by atoms with van der Waals surface area (Å²) in [6, 6.07) is 10.4. The number of nitrogens with zero attached hydrogens (tertiary/aromatic N) is 2. The summed E-state index contributed by atoms with van der Waals surface area (Å²) in [5.74, 6) is 0.761. The molecule has 3 rings (SSSR count). The number of benzene rings is 1. The van der Waals surface area contributed by atoms with Crippen LogP contribution in [0.5, 0.6) is 0 Å². The molecule has 2 aromatic rings. The van der Waals surface area contributed by atoms with Crippen LogP contribution in [-0.4, -0.2) is 9.97 Å². The largest absolute Gasteiger partial charge is 0.219 e. The van der Waals surface area contributed by atoms with Crippen LogP contribution in [0.1, 0.15) is 37.1 Å². The van der Waals surface area contributed by atoms with Crippen molar-refractivity contribution in [2.75, 3.05) is 0 Å². The zero-order valence-corrected chi connectivity index (χ0v) is 14.4. The van der Waals surface area contributed by atoms with Crippen molar-refractivity contribution < 1.29 is 0 Å². The average molecular weight is 419 g/mol. The first kappa shape index (κ1) is 14.5. The first-order chi connectivity index (χ1) is 9.63. The fraction of sp³-hybridized carbons (Fsp3) is 0.333. The number of aromatic nitrogens is 2. The van der Waals surface area contributed by atoms with E-state index >= 15 is 0 Å². The number of hydrogen-bond donors (Lipinski definition) is 0. The predicted octanol–water partition coefficient (Wildman–Crippen LogP) is 5.25. The van der Waals surface area contributed by atoms with Crippen molar-refractivity contribution in [2.24, 2.45) is 0 Å². The van der Waals surface area contributed by atoms with E-state index in [1.54, 1.807) is 0 Å². The summed E-state index contributed by atoms with van der Waals surface area (Å²) in [5.41, 5.74) is 1.12. The summed E-state index contributed by atoms with van der Waals surface area (Å²) in [6.07, 6.45) is 4.45. The van der Waals surface area contributed by atoms with Crippen LogP contribution in [0.25, 0.3) is 0 Å². The lowest BCUT2D eigenvalue weighted by Crippen LogP contribution is -2.27. The Balaban J connectivity index is 2.17. The molecule has 1 aliphatic carbocycles. The summed E-state index contributed by atoms with van der Waals surface area (Å²) >= 11 is 14.5. The standard InChI is InChI=1S/C15H13Cl2IN2/c16-12-11(18)13(17)20-14(19-12)15(8-4-5-9-15)10-6-2-1-3-7-10/h1-3,6-7H,4-5,8-9H2. The summed E-state index contributed by atoms with van der Waals surface area (Å²) in [7, 11) is 0. The predicted molar refractivity (Wildman–Crippen MR) is 90.5 cm³/mol. The normalized spacial score (nSPS) is 17.4. The van der Waals surface area contributed by atoms with Crippen molar-refractivity contribution in [1.82, 2.24) is 9.97 Å². The third kappa shape index (κ3) is 2.44. The van der Waals surface area contributed by atoms with Crippen LogP contribution >= 0.6 is 45.8 Å². The summed E-state index contributed by atoms with van der Waals surface area (Å²) in [5, 5.41) is 0.894. The lowest BCUT2D eigenvalue weighted by atomic mass is 9.78. The fourth-order valence-corrected chi connectivity index (χ4v) is 3.61. The molecule has 104 valence electrons. The minimum Gasteiger partial charge on any atom is -0.219 e. The van der Waals surface area contributed by atoms with Gasteiger partial charge >= 0.3 is 0 Å². The van der Waals surface area contributed by atoms with E-state index in [0.717, 1.165) is 22.2 Å². The van der Waals surface area contributed by atoms with Gasteiger partial charge in [-0.15, -0.1) is 0 Å². The van der Waals surface area contributed by atoms with Crippen molar-refractivity contribution in [2.45, 2.75) is 31.1 Å². The van der Waals surface area contributed by atoms with Crippen LogP contribution in [0.4, 0.5) is 0 Å². The second-order valence-corrected chi connectivity index (χ2v) is 6.89. The SMILES string of the molecule is Clc1nc(C2(c3ccccc3)CCCC2)nc(Cl)c1I.